The van der Waals surface area contributed by atoms with E-state index in [1.54, 1.807) is 31.4 Å². The second-order valence-corrected chi connectivity index (χ2v) is 11.1. The van der Waals surface area contributed by atoms with E-state index in [1.807, 2.05) is 12.1 Å². The summed E-state index contributed by atoms with van der Waals surface area (Å²) in [5.74, 6) is 1.16. The SMILES string of the molecule is COc1ccc(-c2nnc(NC(=O)CN(c3cc(OC)ccc3OC)S(=O)(=O)c3ccc(OC)c(OC)c3)s2)cc1. The molecule has 4 rings (SSSR count). The molecular weight excluding hydrogens is 572 g/mol. The van der Waals surface area contributed by atoms with Crippen molar-refractivity contribution in [2.24, 2.45) is 0 Å². The van der Waals surface area contributed by atoms with Crippen LogP contribution < -0.4 is 33.3 Å². The number of hydrogen-bond acceptors (Lipinski definition) is 11. The number of nitrogens with zero attached hydrogens (tertiary/aromatic N) is 3. The van der Waals surface area contributed by atoms with Gasteiger partial charge in [0.15, 0.2) is 11.5 Å². The number of amides is 1. The van der Waals surface area contributed by atoms with Crippen LogP contribution in [0.25, 0.3) is 10.6 Å². The molecule has 1 aromatic heterocycles. The molecule has 41 heavy (non-hydrogen) atoms. The van der Waals surface area contributed by atoms with Crippen LogP contribution in [0.1, 0.15) is 0 Å². The zero-order valence-electron chi connectivity index (χ0n) is 22.9. The van der Waals surface area contributed by atoms with E-state index in [-0.39, 0.29) is 27.2 Å². The van der Waals surface area contributed by atoms with Crippen molar-refractivity contribution in [3.8, 4) is 39.3 Å². The van der Waals surface area contributed by atoms with Gasteiger partial charge in [-0.3, -0.25) is 14.4 Å². The largest absolute Gasteiger partial charge is 0.497 e. The highest BCUT2D eigenvalue weighted by molar-refractivity contribution is 7.92. The van der Waals surface area contributed by atoms with Crippen LogP contribution in [0.15, 0.2) is 65.6 Å². The molecule has 0 aliphatic carbocycles. The zero-order chi connectivity index (χ0) is 29.6. The number of methoxy groups -OCH3 is 5. The number of benzene rings is 3. The van der Waals surface area contributed by atoms with Crippen molar-refractivity contribution in [3.63, 3.8) is 0 Å². The van der Waals surface area contributed by atoms with Crippen LogP contribution >= 0.6 is 11.3 Å². The topological polar surface area (TPSA) is 138 Å². The number of carbonyl (C=O) groups is 1. The Morgan fingerprint density at radius 1 is 0.780 bits per heavy atom. The number of aromatic nitrogens is 2. The molecule has 4 aromatic rings. The Morgan fingerprint density at radius 3 is 2.05 bits per heavy atom. The van der Waals surface area contributed by atoms with E-state index in [2.05, 4.69) is 15.5 Å². The molecule has 14 heteroatoms. The maximum absolute atomic E-state index is 14.0. The van der Waals surface area contributed by atoms with Gasteiger partial charge in [0.2, 0.25) is 11.0 Å². The highest BCUT2D eigenvalue weighted by Crippen LogP contribution is 2.38. The van der Waals surface area contributed by atoms with Crippen LogP contribution in [0.5, 0.6) is 28.7 Å². The van der Waals surface area contributed by atoms with Gasteiger partial charge in [-0.1, -0.05) is 11.3 Å². The van der Waals surface area contributed by atoms with Gasteiger partial charge in [0, 0.05) is 17.7 Å². The molecular formula is C27H28N4O8S2. The van der Waals surface area contributed by atoms with Crippen molar-refractivity contribution in [2.45, 2.75) is 4.90 Å². The van der Waals surface area contributed by atoms with Crippen molar-refractivity contribution in [2.75, 3.05) is 51.7 Å². The summed E-state index contributed by atoms with van der Waals surface area (Å²) in [6, 6.07) is 16.0. The molecule has 0 saturated carbocycles. The van der Waals surface area contributed by atoms with E-state index in [9.17, 15) is 13.2 Å². The lowest BCUT2D eigenvalue weighted by molar-refractivity contribution is -0.114. The van der Waals surface area contributed by atoms with E-state index < -0.39 is 22.5 Å². The van der Waals surface area contributed by atoms with Gasteiger partial charge < -0.3 is 23.7 Å². The molecule has 0 fully saturated rings. The summed E-state index contributed by atoms with van der Waals surface area (Å²) in [7, 11) is 2.91. The summed E-state index contributed by atoms with van der Waals surface area (Å²) in [6.07, 6.45) is 0. The van der Waals surface area contributed by atoms with Gasteiger partial charge in [0.25, 0.3) is 10.0 Å². The third-order valence-corrected chi connectivity index (χ3v) is 8.54. The number of anilines is 2. The first-order valence-electron chi connectivity index (χ1n) is 12.0. The highest BCUT2D eigenvalue weighted by atomic mass is 32.2. The number of nitrogens with one attached hydrogen (secondary N) is 1. The van der Waals surface area contributed by atoms with E-state index in [4.69, 9.17) is 23.7 Å². The first kappa shape index (κ1) is 29.4. The quantitative estimate of drug-likeness (QED) is 0.253. The van der Waals surface area contributed by atoms with Crippen LogP contribution in [0.4, 0.5) is 10.8 Å². The Balaban J connectivity index is 1.68. The lowest BCUT2D eigenvalue weighted by Gasteiger charge is -2.26. The number of rotatable bonds is 12. The number of carbonyl (C=O) groups excluding carboxylic acids is 1. The van der Waals surface area contributed by atoms with Crippen molar-refractivity contribution < 1.29 is 36.9 Å². The maximum Gasteiger partial charge on any atom is 0.265 e. The minimum atomic E-state index is -4.34. The van der Waals surface area contributed by atoms with Crippen molar-refractivity contribution in [1.82, 2.24) is 10.2 Å². The summed E-state index contributed by atoms with van der Waals surface area (Å²) in [5, 5.41) is 11.6. The summed E-state index contributed by atoms with van der Waals surface area (Å²) >= 11 is 1.14. The molecule has 1 amide bonds. The molecule has 0 unspecified atom stereocenters. The summed E-state index contributed by atoms with van der Waals surface area (Å²) in [6.45, 7) is -0.613. The van der Waals surface area contributed by atoms with Crippen LogP contribution in [0.2, 0.25) is 0 Å². The first-order chi connectivity index (χ1) is 19.7. The monoisotopic (exact) mass is 600 g/mol. The lowest BCUT2D eigenvalue weighted by atomic mass is 10.2. The minimum absolute atomic E-state index is 0.0907. The summed E-state index contributed by atoms with van der Waals surface area (Å²) in [5.41, 5.74) is 0.871. The van der Waals surface area contributed by atoms with Crippen molar-refractivity contribution in [3.05, 3.63) is 60.7 Å². The molecule has 0 radical (unpaired) electrons. The fourth-order valence-electron chi connectivity index (χ4n) is 3.81. The van der Waals surface area contributed by atoms with Crippen LogP contribution in [0, 0.1) is 0 Å². The van der Waals surface area contributed by atoms with E-state index in [1.165, 1.54) is 52.7 Å². The molecule has 0 bridgehead atoms. The average Bonchev–Trinajstić information content (AvgIpc) is 3.47. The van der Waals surface area contributed by atoms with Gasteiger partial charge in [-0.2, -0.15) is 0 Å². The molecule has 12 nitrogen and oxygen atoms in total. The average molecular weight is 601 g/mol. The third kappa shape index (κ3) is 6.44. The molecule has 1 N–H and O–H groups in total. The molecule has 216 valence electrons. The highest BCUT2D eigenvalue weighted by Gasteiger charge is 2.31. The Morgan fingerprint density at radius 2 is 1.41 bits per heavy atom. The first-order valence-corrected chi connectivity index (χ1v) is 14.2. The van der Waals surface area contributed by atoms with Crippen molar-refractivity contribution in [1.29, 1.82) is 0 Å². The normalized spacial score (nSPS) is 11.0. The van der Waals surface area contributed by atoms with Crippen LogP contribution in [-0.2, 0) is 14.8 Å². The summed E-state index contributed by atoms with van der Waals surface area (Å²) in [4.78, 5) is 13.1. The predicted molar refractivity (Wildman–Crippen MR) is 154 cm³/mol. The summed E-state index contributed by atoms with van der Waals surface area (Å²) < 4.78 is 55.4. The van der Waals surface area contributed by atoms with Gasteiger partial charge in [0.1, 0.15) is 28.8 Å². The molecule has 0 spiro atoms. The van der Waals surface area contributed by atoms with E-state index in [0.29, 0.717) is 22.3 Å². The zero-order valence-corrected chi connectivity index (χ0v) is 24.5. The van der Waals surface area contributed by atoms with Gasteiger partial charge in [-0.15, -0.1) is 10.2 Å². The molecule has 1 heterocycles. The standard InChI is InChI=1S/C27H28N4O8S2/c1-35-18-8-6-17(7-9-18)26-29-30-27(40-26)28-25(32)16-31(21-14-19(36-2)10-12-22(21)37-3)41(33,34)20-11-13-23(38-4)24(15-20)39-5/h6-15H,16H2,1-5H3,(H,28,30,32). The molecule has 0 atom stereocenters. The molecule has 0 saturated heterocycles. The van der Waals surface area contributed by atoms with Crippen LogP contribution in [0.3, 0.4) is 0 Å². The minimum Gasteiger partial charge on any atom is -0.497 e. The Bertz CT molecular complexity index is 1620. The number of hydrogen-bond donors (Lipinski definition) is 1. The van der Waals surface area contributed by atoms with E-state index >= 15 is 0 Å². The van der Waals surface area contributed by atoms with Crippen molar-refractivity contribution >= 4 is 38.1 Å². The third-order valence-electron chi connectivity index (χ3n) is 5.89. The second-order valence-electron chi connectivity index (χ2n) is 8.26. The Kier molecular flexibility index (Phi) is 9.14. The van der Waals surface area contributed by atoms with E-state index in [0.717, 1.165) is 21.2 Å². The number of sulfonamides is 1. The Hall–Kier alpha value is -4.56. The fraction of sp³-hybridized carbons (Fsp3) is 0.222. The second kappa shape index (κ2) is 12.7. The molecule has 3 aromatic carbocycles. The smallest absolute Gasteiger partial charge is 0.265 e. The molecule has 0 aliphatic rings. The maximum atomic E-state index is 14.0. The van der Waals surface area contributed by atoms with Gasteiger partial charge in [-0.05, 0) is 48.5 Å². The van der Waals surface area contributed by atoms with Gasteiger partial charge in [-0.25, -0.2) is 8.42 Å². The predicted octanol–water partition coefficient (Wildman–Crippen LogP) is 4.08. The van der Waals surface area contributed by atoms with Crippen LogP contribution in [-0.4, -0.2) is 66.6 Å². The molecule has 0 aliphatic heterocycles. The lowest BCUT2D eigenvalue weighted by Crippen LogP contribution is -2.38. The Labute approximate surface area is 241 Å². The number of ether oxygens (including phenoxy) is 5. The van der Waals surface area contributed by atoms with Gasteiger partial charge in [0.05, 0.1) is 46.1 Å². The van der Waals surface area contributed by atoms with Gasteiger partial charge >= 0.3 is 0 Å². The fourth-order valence-corrected chi connectivity index (χ4v) is 6.01.